The van der Waals surface area contributed by atoms with Crippen molar-refractivity contribution in [1.82, 2.24) is 0 Å². The molecule has 4 atom stereocenters. The van der Waals surface area contributed by atoms with Gasteiger partial charge in [0.2, 0.25) is 11.8 Å². The molecule has 0 unspecified atom stereocenters. The number of Topliss-reactive ketones (excluding diaryl/α,β-unsaturated/α-hetero) is 1. The van der Waals surface area contributed by atoms with Crippen LogP contribution in [0.1, 0.15) is 34.1 Å². The third-order valence-electron chi connectivity index (χ3n) is 6.72. The van der Waals surface area contributed by atoms with Gasteiger partial charge in [-0.25, -0.2) is 9.69 Å². The maximum Gasteiger partial charge on any atom is 0.338 e. The monoisotopic (exact) mass is 458 g/mol. The van der Waals surface area contributed by atoms with Crippen LogP contribution >= 0.6 is 0 Å². The van der Waals surface area contributed by atoms with Gasteiger partial charge in [-0.2, -0.15) is 0 Å². The highest BCUT2D eigenvalue weighted by Crippen LogP contribution is 2.53. The first-order valence-electron chi connectivity index (χ1n) is 11.1. The van der Waals surface area contributed by atoms with E-state index in [1.54, 1.807) is 36.4 Å². The van der Waals surface area contributed by atoms with Gasteiger partial charge in [0.1, 0.15) is 0 Å². The van der Waals surface area contributed by atoms with E-state index in [0.717, 1.165) is 6.42 Å². The minimum atomic E-state index is -0.745. The number of rotatable bonds is 6. The Labute approximate surface area is 195 Å². The molecular formula is C26H22N2O6. The Morgan fingerprint density at radius 3 is 2.21 bits per heavy atom. The van der Waals surface area contributed by atoms with Crippen molar-refractivity contribution in [2.24, 2.45) is 23.7 Å². The number of amides is 3. The molecule has 8 nitrogen and oxygen atoms in total. The summed E-state index contributed by atoms with van der Waals surface area (Å²) in [6.45, 7) is 0.933. The van der Waals surface area contributed by atoms with Gasteiger partial charge < -0.3 is 10.1 Å². The zero-order chi connectivity index (χ0) is 24.0. The Morgan fingerprint density at radius 2 is 1.59 bits per heavy atom. The summed E-state index contributed by atoms with van der Waals surface area (Å²) in [5, 5.41) is 2.59. The number of carbonyl (C=O) groups excluding carboxylic acids is 5. The lowest BCUT2D eigenvalue weighted by Gasteiger charge is -2.18. The van der Waals surface area contributed by atoms with E-state index in [1.807, 2.05) is 12.2 Å². The highest BCUT2D eigenvalue weighted by molar-refractivity contribution is 6.23. The lowest BCUT2D eigenvalue weighted by molar-refractivity contribution is -0.123. The van der Waals surface area contributed by atoms with Crippen LogP contribution in [-0.2, 0) is 19.1 Å². The predicted octanol–water partition coefficient (Wildman–Crippen LogP) is 3.00. The molecule has 3 aliphatic rings. The van der Waals surface area contributed by atoms with Crippen LogP contribution in [0.2, 0.25) is 0 Å². The van der Waals surface area contributed by atoms with E-state index in [4.69, 9.17) is 4.74 Å². The first kappa shape index (κ1) is 21.8. The number of fused-ring (bicyclic) bond motifs is 5. The number of allylic oxidation sites excluding steroid dienone is 2. The normalized spacial score (nSPS) is 24.3. The summed E-state index contributed by atoms with van der Waals surface area (Å²) in [6.07, 6.45) is 4.89. The molecular weight excluding hydrogens is 436 g/mol. The summed E-state index contributed by atoms with van der Waals surface area (Å²) in [7, 11) is 0. The van der Waals surface area contributed by atoms with Crippen LogP contribution in [0.4, 0.5) is 11.4 Å². The average molecular weight is 458 g/mol. The summed E-state index contributed by atoms with van der Waals surface area (Å²) < 4.78 is 5.11. The van der Waals surface area contributed by atoms with Crippen LogP contribution in [-0.4, -0.2) is 36.1 Å². The maximum atomic E-state index is 13.0. The van der Waals surface area contributed by atoms with Crippen molar-refractivity contribution in [2.75, 3.05) is 16.8 Å². The van der Waals surface area contributed by atoms with E-state index in [1.165, 1.54) is 24.0 Å². The lowest BCUT2D eigenvalue weighted by atomic mass is 9.85. The quantitative estimate of drug-likeness (QED) is 0.308. The molecule has 0 aromatic heterocycles. The number of hydrogen-bond acceptors (Lipinski definition) is 6. The Morgan fingerprint density at radius 1 is 0.941 bits per heavy atom. The second-order valence-corrected chi connectivity index (χ2v) is 8.82. The van der Waals surface area contributed by atoms with Crippen LogP contribution < -0.4 is 10.2 Å². The van der Waals surface area contributed by atoms with Crippen molar-refractivity contribution in [1.29, 1.82) is 0 Å². The summed E-state index contributed by atoms with van der Waals surface area (Å²) in [4.78, 5) is 63.2. The first-order chi connectivity index (χ1) is 16.3. The van der Waals surface area contributed by atoms with E-state index >= 15 is 0 Å². The maximum absolute atomic E-state index is 13.0. The van der Waals surface area contributed by atoms with Gasteiger partial charge >= 0.3 is 5.97 Å². The number of nitrogens with one attached hydrogen (secondary N) is 1. The molecule has 1 saturated carbocycles. The highest BCUT2D eigenvalue weighted by Gasteiger charge is 2.59. The number of ether oxygens (including phenoxy) is 1. The van der Waals surface area contributed by atoms with Crippen molar-refractivity contribution in [2.45, 2.75) is 13.3 Å². The molecule has 2 aromatic carbocycles. The molecule has 2 aliphatic carbocycles. The minimum Gasteiger partial charge on any atom is -0.452 e. The second kappa shape index (κ2) is 8.37. The Kier molecular flexibility index (Phi) is 5.36. The Bertz CT molecular complexity index is 1220. The SMILES string of the molecule is CC(=O)c1ccc(NC(=O)COC(=O)c2cccc(N3C(=O)[C@H]4[C@H](C3=O)[C@H]3C=C[C@H]4C3)c2)cc1. The van der Waals surface area contributed by atoms with Crippen molar-refractivity contribution >= 4 is 40.8 Å². The zero-order valence-corrected chi connectivity index (χ0v) is 18.4. The highest BCUT2D eigenvalue weighted by atomic mass is 16.5. The molecule has 1 N–H and O–H groups in total. The molecule has 34 heavy (non-hydrogen) atoms. The van der Waals surface area contributed by atoms with Gasteiger partial charge in [0, 0.05) is 11.3 Å². The van der Waals surface area contributed by atoms with Crippen molar-refractivity contribution in [3.8, 4) is 0 Å². The van der Waals surface area contributed by atoms with Gasteiger partial charge in [0.15, 0.2) is 12.4 Å². The second-order valence-electron chi connectivity index (χ2n) is 8.82. The van der Waals surface area contributed by atoms with E-state index in [-0.39, 0.29) is 46.8 Å². The lowest BCUT2D eigenvalue weighted by Crippen LogP contribution is -2.33. The number of carbonyl (C=O) groups is 5. The fourth-order valence-electron chi connectivity index (χ4n) is 5.13. The smallest absolute Gasteiger partial charge is 0.338 e. The molecule has 1 saturated heterocycles. The number of imide groups is 1. The third kappa shape index (κ3) is 3.71. The topological polar surface area (TPSA) is 110 Å². The molecule has 1 aliphatic heterocycles. The fraction of sp³-hybridized carbons (Fsp3) is 0.269. The van der Waals surface area contributed by atoms with Gasteiger partial charge in [-0.05, 0) is 67.6 Å². The van der Waals surface area contributed by atoms with E-state index in [9.17, 15) is 24.0 Å². The number of hydrogen-bond donors (Lipinski definition) is 1. The Hall–Kier alpha value is -4.07. The van der Waals surface area contributed by atoms with Crippen LogP contribution in [0.25, 0.3) is 0 Å². The number of esters is 1. The third-order valence-corrected chi connectivity index (χ3v) is 6.72. The van der Waals surface area contributed by atoms with E-state index < -0.39 is 18.5 Å². The minimum absolute atomic E-state index is 0.0846. The molecule has 5 rings (SSSR count). The molecule has 2 bridgehead atoms. The summed E-state index contributed by atoms with van der Waals surface area (Å²) in [6, 6.07) is 12.5. The molecule has 0 spiro atoms. The molecule has 2 aromatic rings. The van der Waals surface area contributed by atoms with E-state index in [2.05, 4.69) is 5.32 Å². The summed E-state index contributed by atoms with van der Waals surface area (Å²) in [5.74, 6) is -2.29. The number of nitrogens with zero attached hydrogens (tertiary/aromatic N) is 1. The fourth-order valence-corrected chi connectivity index (χ4v) is 5.13. The number of anilines is 2. The van der Waals surface area contributed by atoms with Gasteiger partial charge in [0.25, 0.3) is 5.91 Å². The average Bonchev–Trinajstić information content (AvgIpc) is 3.51. The van der Waals surface area contributed by atoms with Crippen LogP contribution in [0.15, 0.2) is 60.7 Å². The van der Waals surface area contributed by atoms with Crippen LogP contribution in [0.3, 0.4) is 0 Å². The van der Waals surface area contributed by atoms with Crippen molar-refractivity contribution in [3.05, 3.63) is 71.8 Å². The zero-order valence-electron chi connectivity index (χ0n) is 18.4. The number of ketones is 1. The van der Waals surface area contributed by atoms with Gasteiger partial charge in [-0.3, -0.25) is 19.2 Å². The van der Waals surface area contributed by atoms with Crippen LogP contribution in [0.5, 0.6) is 0 Å². The van der Waals surface area contributed by atoms with Gasteiger partial charge in [-0.15, -0.1) is 0 Å². The van der Waals surface area contributed by atoms with E-state index in [0.29, 0.717) is 16.9 Å². The molecule has 2 fully saturated rings. The van der Waals surface area contributed by atoms with Crippen molar-refractivity contribution in [3.63, 3.8) is 0 Å². The first-order valence-corrected chi connectivity index (χ1v) is 11.1. The van der Waals surface area contributed by atoms with Gasteiger partial charge in [0.05, 0.1) is 23.1 Å². The predicted molar refractivity (Wildman–Crippen MR) is 122 cm³/mol. The van der Waals surface area contributed by atoms with Crippen molar-refractivity contribution < 1.29 is 28.7 Å². The van der Waals surface area contributed by atoms with Crippen LogP contribution in [0, 0.1) is 23.7 Å². The molecule has 0 radical (unpaired) electrons. The molecule has 172 valence electrons. The number of benzene rings is 2. The summed E-state index contributed by atoms with van der Waals surface area (Å²) in [5.41, 5.74) is 1.45. The standard InChI is InChI=1S/C26H22N2O6/c1-14(29)15-7-9-19(10-8-15)27-21(30)13-34-26(33)18-3-2-4-20(12-18)28-24(31)22-16-5-6-17(11-16)23(22)25(28)32/h2-10,12,16-17,22-23H,11,13H2,1H3,(H,27,30)/t16-,17-,22+,23+/m0/s1. The largest absolute Gasteiger partial charge is 0.452 e. The summed E-state index contributed by atoms with van der Waals surface area (Å²) >= 11 is 0. The molecule has 1 heterocycles. The molecule has 3 amide bonds. The Balaban J connectivity index is 1.22. The molecule has 8 heteroatoms. The van der Waals surface area contributed by atoms with Gasteiger partial charge in [-0.1, -0.05) is 18.2 Å².